The monoisotopic (exact) mass is 303 g/mol. The van der Waals surface area contributed by atoms with Gasteiger partial charge in [-0.3, -0.25) is 9.69 Å². The minimum absolute atomic E-state index is 0.0494. The van der Waals surface area contributed by atoms with Gasteiger partial charge in [0.25, 0.3) is 0 Å². The fourth-order valence-corrected chi connectivity index (χ4v) is 1.97. The number of nitrogens with one attached hydrogen (secondary N) is 1. The molecule has 120 valence electrons. The van der Waals surface area contributed by atoms with E-state index in [2.05, 4.69) is 11.4 Å². The lowest BCUT2D eigenvalue weighted by Crippen LogP contribution is -2.51. The van der Waals surface area contributed by atoms with Crippen LogP contribution in [0.3, 0.4) is 0 Å². The summed E-state index contributed by atoms with van der Waals surface area (Å²) in [7, 11) is 3.51. The largest absolute Gasteiger partial charge is 0.497 e. The van der Waals surface area contributed by atoms with Gasteiger partial charge in [0.05, 0.1) is 19.7 Å². The number of benzene rings is 1. The number of carbonyl (C=O) groups excluding carboxylic acids is 1. The highest BCUT2D eigenvalue weighted by Gasteiger charge is 2.30. The summed E-state index contributed by atoms with van der Waals surface area (Å²) in [5.41, 5.74) is 0.265. The lowest BCUT2D eigenvalue weighted by atomic mass is 9.90. The Morgan fingerprint density at radius 1 is 1.41 bits per heavy atom. The van der Waals surface area contributed by atoms with E-state index in [9.17, 15) is 10.1 Å². The molecule has 0 aliphatic carbocycles. The molecule has 0 bridgehead atoms. The quantitative estimate of drug-likeness (QED) is 0.838. The number of likely N-dealkylation sites (N-methyl/N-ethyl adjacent to an activating group) is 1. The van der Waals surface area contributed by atoms with Gasteiger partial charge in [-0.05, 0) is 37.6 Å². The molecule has 0 aromatic heterocycles. The van der Waals surface area contributed by atoms with Gasteiger partial charge in [0.2, 0.25) is 5.91 Å². The molecule has 1 atom stereocenters. The highest BCUT2D eigenvalue weighted by Crippen LogP contribution is 2.15. The molecule has 1 aromatic rings. The Bertz CT molecular complexity index is 534. The van der Waals surface area contributed by atoms with E-state index in [1.165, 1.54) is 0 Å². The molecule has 0 aliphatic heterocycles. The summed E-state index contributed by atoms with van der Waals surface area (Å²) in [6.45, 7) is 6.49. The summed E-state index contributed by atoms with van der Waals surface area (Å²) >= 11 is 0. The number of hydrogen-bond donors (Lipinski definition) is 1. The fourth-order valence-electron chi connectivity index (χ4n) is 1.97. The Morgan fingerprint density at radius 2 is 2.00 bits per heavy atom. The highest BCUT2D eigenvalue weighted by atomic mass is 16.5. The third kappa shape index (κ3) is 5.05. The molecule has 1 aromatic carbocycles. The Labute approximate surface area is 132 Å². The summed E-state index contributed by atoms with van der Waals surface area (Å²) in [6.07, 6.45) is 0. The first kappa shape index (κ1) is 18.0. The Kier molecular flexibility index (Phi) is 6.39. The number of amides is 1. The van der Waals surface area contributed by atoms with Crippen LogP contribution in [-0.2, 0) is 11.3 Å². The molecule has 0 fully saturated rings. The van der Waals surface area contributed by atoms with Gasteiger partial charge >= 0.3 is 0 Å². The molecule has 1 amide bonds. The van der Waals surface area contributed by atoms with Crippen LogP contribution in [0.25, 0.3) is 0 Å². The number of hydrogen-bond acceptors (Lipinski definition) is 4. The van der Waals surface area contributed by atoms with Crippen molar-refractivity contribution < 1.29 is 9.53 Å². The van der Waals surface area contributed by atoms with Crippen molar-refractivity contribution in [3.05, 3.63) is 29.8 Å². The van der Waals surface area contributed by atoms with Gasteiger partial charge in [0.1, 0.15) is 11.3 Å². The van der Waals surface area contributed by atoms with Gasteiger partial charge < -0.3 is 10.1 Å². The summed E-state index contributed by atoms with van der Waals surface area (Å²) in [5, 5.41) is 12.0. The van der Waals surface area contributed by atoms with Crippen molar-refractivity contribution in [3.8, 4) is 11.8 Å². The van der Waals surface area contributed by atoms with E-state index >= 15 is 0 Å². The van der Waals surface area contributed by atoms with Crippen molar-refractivity contribution in [2.75, 3.05) is 20.7 Å². The molecule has 0 saturated heterocycles. The smallest absolute Gasteiger partial charge is 0.235 e. The second-order valence-electron chi connectivity index (χ2n) is 6.04. The maximum absolute atomic E-state index is 12.1. The van der Waals surface area contributed by atoms with Gasteiger partial charge in [-0.1, -0.05) is 26.0 Å². The molecule has 22 heavy (non-hydrogen) atoms. The molecular formula is C17H25N3O2. The van der Waals surface area contributed by atoms with Crippen molar-refractivity contribution in [3.63, 3.8) is 0 Å². The molecule has 0 spiro atoms. The van der Waals surface area contributed by atoms with E-state index in [1.54, 1.807) is 14.0 Å². The predicted octanol–water partition coefficient (Wildman–Crippen LogP) is 2.18. The van der Waals surface area contributed by atoms with Crippen LogP contribution in [0, 0.1) is 17.2 Å². The fraction of sp³-hybridized carbons (Fsp3) is 0.529. The van der Waals surface area contributed by atoms with Crippen LogP contribution in [0.2, 0.25) is 0 Å². The number of nitrogens with zero attached hydrogens (tertiary/aromatic N) is 2. The minimum atomic E-state index is -0.835. The molecule has 5 nitrogen and oxygen atoms in total. The number of ether oxygens (including phenoxy) is 1. The number of rotatable bonds is 7. The summed E-state index contributed by atoms with van der Waals surface area (Å²) in [4.78, 5) is 14.0. The Hall–Kier alpha value is -2.06. The van der Waals surface area contributed by atoms with Crippen molar-refractivity contribution in [2.24, 2.45) is 5.92 Å². The van der Waals surface area contributed by atoms with Crippen LogP contribution < -0.4 is 10.1 Å². The van der Waals surface area contributed by atoms with Crippen molar-refractivity contribution in [1.29, 1.82) is 5.26 Å². The Morgan fingerprint density at radius 3 is 2.45 bits per heavy atom. The normalized spacial score (nSPS) is 13.5. The zero-order chi connectivity index (χ0) is 16.8. The van der Waals surface area contributed by atoms with E-state index in [0.29, 0.717) is 6.54 Å². The number of methoxy groups -OCH3 is 1. The van der Waals surface area contributed by atoms with Gasteiger partial charge in [-0.15, -0.1) is 0 Å². The van der Waals surface area contributed by atoms with Crippen molar-refractivity contribution in [1.82, 2.24) is 10.2 Å². The van der Waals surface area contributed by atoms with Crippen LogP contribution in [0.15, 0.2) is 24.3 Å². The summed E-state index contributed by atoms with van der Waals surface area (Å²) in [6, 6.07) is 9.92. The standard InChI is InChI=1S/C17H25N3O2/c1-13(2)17(3,12-18)19-16(21)11-20(4)10-14-6-8-15(22-5)9-7-14/h6-9,13H,10-11H2,1-5H3,(H,19,21). The van der Waals surface area contributed by atoms with Crippen LogP contribution in [-0.4, -0.2) is 37.0 Å². The molecule has 1 unspecified atom stereocenters. The van der Waals surface area contributed by atoms with E-state index in [1.807, 2.05) is 50.1 Å². The van der Waals surface area contributed by atoms with Crippen LogP contribution >= 0.6 is 0 Å². The maximum Gasteiger partial charge on any atom is 0.235 e. The number of carbonyl (C=O) groups is 1. The highest BCUT2D eigenvalue weighted by molar-refractivity contribution is 5.79. The maximum atomic E-state index is 12.1. The molecule has 0 aliphatic rings. The van der Waals surface area contributed by atoms with Gasteiger partial charge in [-0.2, -0.15) is 5.26 Å². The third-order valence-corrected chi connectivity index (χ3v) is 3.81. The van der Waals surface area contributed by atoms with Crippen molar-refractivity contribution in [2.45, 2.75) is 32.9 Å². The van der Waals surface area contributed by atoms with Crippen LogP contribution in [0.5, 0.6) is 5.75 Å². The first-order chi connectivity index (χ1) is 10.3. The lowest BCUT2D eigenvalue weighted by Gasteiger charge is -2.28. The van der Waals surface area contributed by atoms with E-state index in [0.717, 1.165) is 11.3 Å². The first-order valence-corrected chi connectivity index (χ1v) is 7.34. The van der Waals surface area contributed by atoms with Gasteiger partial charge in [0, 0.05) is 6.54 Å². The zero-order valence-electron chi connectivity index (χ0n) is 14.0. The summed E-state index contributed by atoms with van der Waals surface area (Å²) < 4.78 is 5.12. The van der Waals surface area contributed by atoms with E-state index in [-0.39, 0.29) is 18.4 Å². The average Bonchev–Trinajstić information content (AvgIpc) is 2.47. The van der Waals surface area contributed by atoms with Gasteiger partial charge in [0.15, 0.2) is 0 Å². The third-order valence-electron chi connectivity index (χ3n) is 3.81. The Balaban J connectivity index is 2.55. The lowest BCUT2D eigenvalue weighted by molar-refractivity contribution is -0.123. The predicted molar refractivity (Wildman–Crippen MR) is 86.3 cm³/mol. The molecular weight excluding hydrogens is 278 g/mol. The van der Waals surface area contributed by atoms with Crippen LogP contribution in [0.4, 0.5) is 0 Å². The van der Waals surface area contributed by atoms with Crippen LogP contribution in [0.1, 0.15) is 26.3 Å². The number of nitriles is 1. The molecule has 0 saturated carbocycles. The minimum Gasteiger partial charge on any atom is -0.497 e. The second kappa shape index (κ2) is 7.81. The summed E-state index contributed by atoms with van der Waals surface area (Å²) in [5.74, 6) is 0.716. The second-order valence-corrected chi connectivity index (χ2v) is 6.04. The topological polar surface area (TPSA) is 65.4 Å². The molecule has 0 heterocycles. The van der Waals surface area contributed by atoms with Gasteiger partial charge in [-0.25, -0.2) is 0 Å². The molecule has 0 radical (unpaired) electrons. The first-order valence-electron chi connectivity index (χ1n) is 7.34. The molecule has 1 rings (SSSR count). The average molecular weight is 303 g/mol. The zero-order valence-corrected chi connectivity index (χ0v) is 14.0. The SMILES string of the molecule is COc1ccc(CN(C)CC(=O)NC(C)(C#N)C(C)C)cc1. The molecule has 5 heteroatoms. The van der Waals surface area contributed by atoms with E-state index < -0.39 is 5.54 Å². The van der Waals surface area contributed by atoms with Crippen molar-refractivity contribution >= 4 is 5.91 Å². The van der Waals surface area contributed by atoms with E-state index in [4.69, 9.17) is 4.74 Å². The molecule has 1 N–H and O–H groups in total.